The zero-order chi connectivity index (χ0) is 18.4. The molecule has 0 aromatic heterocycles. The van der Waals surface area contributed by atoms with Gasteiger partial charge in [-0.3, -0.25) is 0 Å². The molecule has 0 heterocycles. The fourth-order valence-electron chi connectivity index (χ4n) is 1.99. The summed E-state index contributed by atoms with van der Waals surface area (Å²) in [5, 5.41) is 5.50. The Morgan fingerprint density at radius 2 is 1.88 bits per heavy atom. The summed E-state index contributed by atoms with van der Waals surface area (Å²) in [4.78, 5) is 0. The van der Waals surface area contributed by atoms with E-state index < -0.39 is 11.7 Å². The minimum Gasteiger partial charge on any atom is -0.491 e. The van der Waals surface area contributed by atoms with Crippen LogP contribution in [0.5, 0.6) is 5.75 Å². The van der Waals surface area contributed by atoms with Crippen LogP contribution in [0.25, 0.3) is 0 Å². The van der Waals surface area contributed by atoms with Crippen molar-refractivity contribution in [2.45, 2.75) is 19.1 Å². The molecule has 2 N–H and O–H groups in total. The molecule has 8 heteroatoms. The Morgan fingerprint density at radius 3 is 2.52 bits per heavy atom. The Morgan fingerprint density at radius 1 is 1.20 bits per heavy atom. The second-order valence-corrected chi connectivity index (χ2v) is 6.13. The van der Waals surface area contributed by atoms with Crippen LogP contribution >= 0.6 is 23.8 Å². The molecule has 0 fully saturated rings. The Labute approximate surface area is 154 Å². The van der Waals surface area contributed by atoms with Crippen LogP contribution in [0.4, 0.5) is 18.9 Å². The lowest BCUT2D eigenvalue weighted by Crippen LogP contribution is -2.39. The van der Waals surface area contributed by atoms with Gasteiger partial charge < -0.3 is 15.4 Å². The van der Waals surface area contributed by atoms with Crippen LogP contribution in [0, 0.1) is 0 Å². The average molecular weight is 389 g/mol. The largest absolute Gasteiger partial charge is 0.491 e. The van der Waals surface area contributed by atoms with E-state index in [2.05, 4.69) is 10.6 Å². The van der Waals surface area contributed by atoms with Crippen LogP contribution in [0.2, 0.25) is 5.02 Å². The van der Waals surface area contributed by atoms with Crippen LogP contribution in [0.1, 0.15) is 12.5 Å². The Hall–Kier alpha value is -1.99. The Balaban J connectivity index is 1.89. The van der Waals surface area contributed by atoms with Gasteiger partial charge in [0.15, 0.2) is 5.11 Å². The molecule has 2 aromatic rings. The highest BCUT2D eigenvalue weighted by Gasteiger charge is 2.33. The molecule has 0 bridgehead atoms. The van der Waals surface area contributed by atoms with Crippen molar-refractivity contribution in [2.75, 3.05) is 11.9 Å². The van der Waals surface area contributed by atoms with Crippen molar-refractivity contribution in [1.82, 2.24) is 5.32 Å². The van der Waals surface area contributed by atoms with Crippen LogP contribution < -0.4 is 15.4 Å². The summed E-state index contributed by atoms with van der Waals surface area (Å²) in [6, 6.07) is 12.6. The van der Waals surface area contributed by atoms with Crippen LogP contribution in [0.15, 0.2) is 48.5 Å². The number of benzene rings is 2. The van der Waals surface area contributed by atoms with Crippen molar-refractivity contribution in [1.29, 1.82) is 0 Å². The lowest BCUT2D eigenvalue weighted by Gasteiger charge is -2.18. The zero-order valence-corrected chi connectivity index (χ0v) is 14.8. The van der Waals surface area contributed by atoms with Crippen LogP contribution in [0.3, 0.4) is 0 Å². The molecule has 0 saturated heterocycles. The van der Waals surface area contributed by atoms with Gasteiger partial charge in [0.05, 0.1) is 16.6 Å². The number of para-hydroxylation sites is 1. The third-order valence-electron chi connectivity index (χ3n) is 3.15. The first-order valence-corrected chi connectivity index (χ1v) is 8.16. The van der Waals surface area contributed by atoms with E-state index in [0.29, 0.717) is 6.61 Å². The molecule has 2 aromatic carbocycles. The van der Waals surface area contributed by atoms with Gasteiger partial charge in [-0.2, -0.15) is 13.2 Å². The molecule has 0 spiro atoms. The highest BCUT2D eigenvalue weighted by atomic mass is 35.5. The van der Waals surface area contributed by atoms with E-state index in [-0.39, 0.29) is 21.9 Å². The van der Waals surface area contributed by atoms with E-state index in [9.17, 15) is 13.2 Å². The molecule has 0 saturated carbocycles. The molecular weight excluding hydrogens is 373 g/mol. The maximum absolute atomic E-state index is 12.9. The van der Waals surface area contributed by atoms with Crippen molar-refractivity contribution < 1.29 is 17.9 Å². The summed E-state index contributed by atoms with van der Waals surface area (Å²) in [6.07, 6.45) is -4.53. The molecule has 3 nitrogen and oxygen atoms in total. The van der Waals surface area contributed by atoms with Gasteiger partial charge >= 0.3 is 6.18 Å². The summed E-state index contributed by atoms with van der Waals surface area (Å²) < 4.78 is 44.2. The third-order valence-corrected chi connectivity index (χ3v) is 3.70. The summed E-state index contributed by atoms with van der Waals surface area (Å²) in [5.41, 5.74) is -0.715. The third kappa shape index (κ3) is 6.10. The number of hydrogen-bond donors (Lipinski definition) is 2. The summed E-state index contributed by atoms with van der Waals surface area (Å²) in [7, 11) is 0. The van der Waals surface area contributed by atoms with Gasteiger partial charge in [0.2, 0.25) is 0 Å². The fraction of sp³-hybridized carbons (Fsp3) is 0.235. The van der Waals surface area contributed by atoms with Gasteiger partial charge in [0.25, 0.3) is 0 Å². The number of nitrogens with one attached hydrogen (secondary N) is 2. The van der Waals surface area contributed by atoms with Gasteiger partial charge in [-0.1, -0.05) is 29.8 Å². The summed E-state index contributed by atoms with van der Waals surface area (Å²) in [5.74, 6) is 0.725. The number of hydrogen-bond acceptors (Lipinski definition) is 2. The number of halogens is 4. The minimum atomic E-state index is -4.53. The van der Waals surface area contributed by atoms with Gasteiger partial charge in [-0.15, -0.1) is 0 Å². The minimum absolute atomic E-state index is 0.144. The van der Waals surface area contributed by atoms with Gasteiger partial charge in [-0.25, -0.2) is 0 Å². The number of thiocarbonyl (C=S) groups is 1. The highest BCUT2D eigenvalue weighted by Crippen LogP contribution is 2.36. The number of alkyl halides is 3. The number of anilines is 1. The first-order valence-electron chi connectivity index (χ1n) is 7.38. The number of ether oxygens (including phenoxy) is 1. The maximum atomic E-state index is 12.9. The lowest BCUT2D eigenvalue weighted by molar-refractivity contribution is -0.137. The molecule has 0 aliphatic rings. The lowest BCUT2D eigenvalue weighted by atomic mass is 10.2. The quantitative estimate of drug-likeness (QED) is 0.697. The Bertz CT molecular complexity index is 726. The molecule has 25 heavy (non-hydrogen) atoms. The standard InChI is InChI=1S/C17H16ClF3N2OS/c1-11(10-24-13-5-3-2-4-6-13)22-16(25)23-12-7-8-15(18)14(9-12)17(19,20)21/h2-9,11H,10H2,1H3,(H2,22,23,25). The monoisotopic (exact) mass is 388 g/mol. The molecule has 134 valence electrons. The van der Waals surface area contributed by atoms with E-state index in [1.165, 1.54) is 12.1 Å². The van der Waals surface area contributed by atoms with Crippen molar-refractivity contribution >= 4 is 34.6 Å². The second-order valence-electron chi connectivity index (χ2n) is 5.32. The summed E-state index contributed by atoms with van der Waals surface area (Å²) >= 11 is 10.7. The van der Waals surface area contributed by atoms with Crippen molar-refractivity contribution in [2.24, 2.45) is 0 Å². The van der Waals surface area contributed by atoms with E-state index in [0.717, 1.165) is 11.8 Å². The first kappa shape index (κ1) is 19.3. The SMILES string of the molecule is CC(COc1ccccc1)NC(=S)Nc1ccc(Cl)c(C(F)(F)F)c1. The molecule has 1 atom stereocenters. The molecule has 0 aliphatic carbocycles. The van der Waals surface area contributed by atoms with Gasteiger partial charge in [0.1, 0.15) is 12.4 Å². The van der Waals surface area contributed by atoms with E-state index in [4.69, 9.17) is 28.6 Å². The average Bonchev–Trinajstić information content (AvgIpc) is 2.54. The topological polar surface area (TPSA) is 33.3 Å². The van der Waals surface area contributed by atoms with E-state index >= 15 is 0 Å². The van der Waals surface area contributed by atoms with E-state index in [1.807, 2.05) is 37.3 Å². The van der Waals surface area contributed by atoms with Crippen molar-refractivity contribution in [3.05, 3.63) is 59.1 Å². The molecule has 0 amide bonds. The predicted molar refractivity (Wildman–Crippen MR) is 97.2 cm³/mol. The number of rotatable bonds is 5. The summed E-state index contributed by atoms with van der Waals surface area (Å²) in [6.45, 7) is 2.19. The molecule has 0 radical (unpaired) electrons. The van der Waals surface area contributed by atoms with Crippen molar-refractivity contribution in [3.8, 4) is 5.75 Å². The van der Waals surface area contributed by atoms with Gasteiger partial charge in [0, 0.05) is 5.69 Å². The molecular formula is C17H16ClF3N2OS. The van der Waals surface area contributed by atoms with Crippen LogP contribution in [-0.2, 0) is 6.18 Å². The predicted octanol–water partition coefficient (Wildman–Crippen LogP) is 5.11. The fourth-order valence-corrected chi connectivity index (χ4v) is 2.53. The first-order chi connectivity index (χ1) is 11.8. The highest BCUT2D eigenvalue weighted by molar-refractivity contribution is 7.80. The normalized spacial score (nSPS) is 12.4. The zero-order valence-electron chi connectivity index (χ0n) is 13.2. The van der Waals surface area contributed by atoms with E-state index in [1.54, 1.807) is 0 Å². The van der Waals surface area contributed by atoms with Crippen molar-refractivity contribution in [3.63, 3.8) is 0 Å². The molecule has 0 aliphatic heterocycles. The maximum Gasteiger partial charge on any atom is 0.417 e. The Kier molecular flexibility index (Phi) is 6.50. The second kappa shape index (κ2) is 8.40. The molecule has 1 unspecified atom stereocenters. The van der Waals surface area contributed by atoms with Gasteiger partial charge in [-0.05, 0) is 49.5 Å². The smallest absolute Gasteiger partial charge is 0.417 e. The van der Waals surface area contributed by atoms with Crippen LogP contribution in [-0.4, -0.2) is 17.8 Å². The molecule has 2 rings (SSSR count).